The molecule has 0 amide bonds. The van der Waals surface area contributed by atoms with Gasteiger partial charge in [-0.2, -0.15) is 0 Å². The molecule has 4 nitrogen and oxygen atoms in total. The SMILES string of the molecule is CCCC=Nc1c(C)ccc2nc(/C(C=N)=C/N)c3c(c12)CCCC3. The Balaban J connectivity index is 2.33. The van der Waals surface area contributed by atoms with Crippen molar-refractivity contribution in [3.63, 3.8) is 0 Å². The van der Waals surface area contributed by atoms with Crippen LogP contribution in [-0.4, -0.2) is 17.4 Å². The van der Waals surface area contributed by atoms with Crippen LogP contribution in [0, 0.1) is 12.3 Å². The summed E-state index contributed by atoms with van der Waals surface area (Å²) in [5.74, 6) is 0. The van der Waals surface area contributed by atoms with Gasteiger partial charge >= 0.3 is 0 Å². The topological polar surface area (TPSA) is 75.1 Å². The van der Waals surface area contributed by atoms with E-state index in [1.165, 1.54) is 40.9 Å². The molecule has 2 aromatic rings. The van der Waals surface area contributed by atoms with Crippen LogP contribution in [0.3, 0.4) is 0 Å². The molecular weight excluding hydrogens is 308 g/mol. The number of hydrogen-bond acceptors (Lipinski definition) is 4. The van der Waals surface area contributed by atoms with Crippen molar-refractivity contribution < 1.29 is 0 Å². The Hall–Kier alpha value is -2.49. The summed E-state index contributed by atoms with van der Waals surface area (Å²) in [4.78, 5) is 9.68. The first-order valence-electron chi connectivity index (χ1n) is 9.11. The normalized spacial score (nSPS) is 14.9. The van der Waals surface area contributed by atoms with Crippen LogP contribution in [0.15, 0.2) is 23.3 Å². The minimum absolute atomic E-state index is 0.691. The van der Waals surface area contributed by atoms with Gasteiger partial charge in [-0.1, -0.05) is 19.4 Å². The molecule has 130 valence electrons. The summed E-state index contributed by atoms with van der Waals surface area (Å²) in [7, 11) is 0. The molecule has 1 heterocycles. The van der Waals surface area contributed by atoms with Crippen molar-refractivity contribution in [2.75, 3.05) is 0 Å². The second-order valence-corrected chi connectivity index (χ2v) is 6.62. The summed E-state index contributed by atoms with van der Waals surface area (Å²) in [5.41, 5.74) is 13.1. The molecule has 0 fully saturated rings. The van der Waals surface area contributed by atoms with Gasteiger partial charge in [-0.15, -0.1) is 0 Å². The molecule has 3 rings (SSSR count). The average molecular weight is 334 g/mol. The highest BCUT2D eigenvalue weighted by Crippen LogP contribution is 2.38. The predicted molar refractivity (Wildman–Crippen MR) is 107 cm³/mol. The van der Waals surface area contributed by atoms with Crippen LogP contribution >= 0.6 is 0 Å². The minimum atomic E-state index is 0.691. The number of nitrogens with two attached hydrogens (primary N) is 1. The largest absolute Gasteiger partial charge is 0.404 e. The molecule has 0 aliphatic heterocycles. The molecule has 1 aromatic heterocycles. The molecule has 0 unspecified atom stereocenters. The first kappa shape index (κ1) is 17.3. The summed E-state index contributed by atoms with van der Waals surface area (Å²) in [6, 6.07) is 4.16. The molecule has 0 spiro atoms. The number of allylic oxidation sites excluding steroid dienone is 1. The fourth-order valence-corrected chi connectivity index (χ4v) is 3.59. The van der Waals surface area contributed by atoms with Gasteiger partial charge < -0.3 is 11.1 Å². The summed E-state index contributed by atoms with van der Waals surface area (Å²) in [6.07, 6.45) is 11.3. The van der Waals surface area contributed by atoms with Gasteiger partial charge in [-0.05, 0) is 61.8 Å². The van der Waals surface area contributed by atoms with Crippen LogP contribution in [0.2, 0.25) is 0 Å². The maximum absolute atomic E-state index is 7.67. The van der Waals surface area contributed by atoms with Gasteiger partial charge in [0.2, 0.25) is 0 Å². The van der Waals surface area contributed by atoms with Gasteiger partial charge in [0.05, 0.1) is 16.9 Å². The maximum Gasteiger partial charge on any atom is 0.0774 e. The zero-order chi connectivity index (χ0) is 17.8. The van der Waals surface area contributed by atoms with E-state index < -0.39 is 0 Å². The monoisotopic (exact) mass is 334 g/mol. The minimum Gasteiger partial charge on any atom is -0.404 e. The van der Waals surface area contributed by atoms with Crippen LogP contribution in [0.1, 0.15) is 55.0 Å². The lowest BCUT2D eigenvalue weighted by molar-refractivity contribution is 0.686. The van der Waals surface area contributed by atoms with E-state index >= 15 is 0 Å². The Morgan fingerprint density at radius 3 is 2.72 bits per heavy atom. The lowest BCUT2D eigenvalue weighted by Crippen LogP contribution is -2.10. The van der Waals surface area contributed by atoms with E-state index in [0.29, 0.717) is 5.57 Å². The summed E-state index contributed by atoms with van der Waals surface area (Å²) >= 11 is 0. The summed E-state index contributed by atoms with van der Waals surface area (Å²) in [5, 5.41) is 8.86. The van der Waals surface area contributed by atoms with Crippen LogP contribution in [0.25, 0.3) is 16.5 Å². The number of benzene rings is 1. The number of aromatic nitrogens is 1. The Bertz CT molecular complexity index is 862. The zero-order valence-corrected chi connectivity index (χ0v) is 15.1. The maximum atomic E-state index is 7.67. The molecule has 0 saturated carbocycles. The van der Waals surface area contributed by atoms with Crippen LogP contribution < -0.4 is 5.73 Å². The van der Waals surface area contributed by atoms with Crippen LogP contribution in [0.4, 0.5) is 5.69 Å². The smallest absolute Gasteiger partial charge is 0.0774 e. The third kappa shape index (κ3) is 3.21. The van der Waals surface area contributed by atoms with Crippen molar-refractivity contribution >= 4 is 34.6 Å². The molecule has 4 heteroatoms. The number of fused-ring (bicyclic) bond motifs is 3. The molecule has 0 bridgehead atoms. The predicted octanol–water partition coefficient (Wildman–Crippen LogP) is 4.87. The fourth-order valence-electron chi connectivity index (χ4n) is 3.59. The van der Waals surface area contributed by atoms with Crippen molar-refractivity contribution in [2.45, 2.75) is 52.4 Å². The Kier molecular flexibility index (Phi) is 5.27. The molecule has 0 saturated heterocycles. The Labute approximate surface area is 149 Å². The van der Waals surface area contributed by atoms with Crippen molar-refractivity contribution in [1.29, 1.82) is 5.41 Å². The van der Waals surface area contributed by atoms with Gasteiger partial charge in [0, 0.05) is 29.6 Å². The van der Waals surface area contributed by atoms with Crippen molar-refractivity contribution in [1.82, 2.24) is 4.98 Å². The molecule has 3 N–H and O–H groups in total. The van der Waals surface area contributed by atoms with Crippen molar-refractivity contribution in [3.8, 4) is 0 Å². The highest BCUT2D eigenvalue weighted by molar-refractivity contribution is 6.09. The fraction of sp³-hybridized carbons (Fsp3) is 0.381. The van der Waals surface area contributed by atoms with Gasteiger partial charge in [0.1, 0.15) is 0 Å². The van der Waals surface area contributed by atoms with Gasteiger partial charge in [-0.25, -0.2) is 4.98 Å². The van der Waals surface area contributed by atoms with E-state index in [1.807, 2.05) is 6.21 Å². The van der Waals surface area contributed by atoms with Gasteiger partial charge in [0.25, 0.3) is 0 Å². The lowest BCUT2D eigenvalue weighted by Gasteiger charge is -2.22. The molecule has 0 radical (unpaired) electrons. The van der Waals surface area contributed by atoms with E-state index in [2.05, 4.69) is 26.0 Å². The van der Waals surface area contributed by atoms with E-state index in [9.17, 15) is 0 Å². The van der Waals surface area contributed by atoms with E-state index in [0.717, 1.165) is 49.0 Å². The number of nitrogens with one attached hydrogen (secondary N) is 1. The molecular formula is C21H26N4. The zero-order valence-electron chi connectivity index (χ0n) is 15.1. The Morgan fingerprint density at radius 2 is 2.04 bits per heavy atom. The number of nitrogens with zero attached hydrogens (tertiary/aromatic N) is 2. The first-order valence-corrected chi connectivity index (χ1v) is 9.11. The number of aliphatic imine (C=N–C) groups is 1. The molecule has 0 atom stereocenters. The Morgan fingerprint density at radius 1 is 1.28 bits per heavy atom. The first-order chi connectivity index (χ1) is 12.2. The third-order valence-electron chi connectivity index (χ3n) is 4.89. The number of rotatable bonds is 5. The standard InChI is InChI=1S/C21H26N4/c1-3-4-11-24-20-14(2)9-10-18-19(20)16-7-5-6-8-17(16)21(25-18)15(12-22)13-23/h9-13,22H,3-8,23H2,1-2H3/b15-13+,22-12?,24-11?. The van der Waals surface area contributed by atoms with Crippen LogP contribution in [0.5, 0.6) is 0 Å². The lowest BCUT2D eigenvalue weighted by atomic mass is 9.85. The third-order valence-corrected chi connectivity index (χ3v) is 4.89. The second-order valence-electron chi connectivity index (χ2n) is 6.62. The van der Waals surface area contributed by atoms with E-state index in [1.54, 1.807) is 0 Å². The summed E-state index contributed by atoms with van der Waals surface area (Å²) in [6.45, 7) is 4.28. The number of pyridine rings is 1. The quantitative estimate of drug-likeness (QED) is 0.765. The average Bonchev–Trinajstić information content (AvgIpc) is 2.64. The number of unbranched alkanes of at least 4 members (excludes halogenated alkanes) is 1. The van der Waals surface area contributed by atoms with E-state index in [4.69, 9.17) is 21.1 Å². The van der Waals surface area contributed by atoms with Crippen molar-refractivity contribution in [2.24, 2.45) is 10.7 Å². The van der Waals surface area contributed by atoms with Crippen LogP contribution in [-0.2, 0) is 12.8 Å². The second kappa shape index (κ2) is 7.60. The van der Waals surface area contributed by atoms with Gasteiger partial charge in [-0.3, -0.25) is 4.99 Å². The van der Waals surface area contributed by atoms with E-state index in [-0.39, 0.29) is 0 Å². The number of hydrogen-bond donors (Lipinski definition) is 2. The molecule has 25 heavy (non-hydrogen) atoms. The van der Waals surface area contributed by atoms with Gasteiger partial charge in [0.15, 0.2) is 0 Å². The number of aryl methyl sites for hydroxylation is 2. The molecule has 1 aliphatic rings. The highest BCUT2D eigenvalue weighted by atomic mass is 14.8. The van der Waals surface area contributed by atoms with Crippen molar-refractivity contribution in [3.05, 3.63) is 40.7 Å². The highest BCUT2D eigenvalue weighted by Gasteiger charge is 2.22. The summed E-state index contributed by atoms with van der Waals surface area (Å²) < 4.78 is 0. The molecule has 1 aromatic carbocycles. The molecule has 1 aliphatic carbocycles.